The van der Waals surface area contributed by atoms with Gasteiger partial charge in [0.05, 0.1) is 5.69 Å². The number of azide groups is 1. The number of hydrogen-bond donors (Lipinski definition) is 1. The summed E-state index contributed by atoms with van der Waals surface area (Å²) in [6.07, 6.45) is 0.661. The van der Waals surface area contributed by atoms with Crippen molar-refractivity contribution in [1.29, 1.82) is 0 Å². The number of amides is 1. The molecule has 0 aliphatic heterocycles. The van der Waals surface area contributed by atoms with Gasteiger partial charge >= 0.3 is 0 Å². The van der Waals surface area contributed by atoms with Crippen molar-refractivity contribution in [3.8, 4) is 0 Å². The molecule has 0 aliphatic rings. The van der Waals surface area contributed by atoms with Gasteiger partial charge in [-0.3, -0.25) is 9.59 Å². The molecule has 1 N–H and O–H groups in total. The third-order valence-electron chi connectivity index (χ3n) is 1.96. The van der Waals surface area contributed by atoms with E-state index in [0.717, 1.165) is 0 Å². The van der Waals surface area contributed by atoms with E-state index in [9.17, 15) is 9.59 Å². The molecule has 0 fully saturated rings. The highest BCUT2D eigenvalue weighted by molar-refractivity contribution is 5.97. The first-order valence-electron chi connectivity index (χ1n) is 3.85. The summed E-state index contributed by atoms with van der Waals surface area (Å²) in [5.41, 5.74) is 9.78. The topological polar surface area (TPSA) is 98.7 Å². The smallest absolute Gasteiger partial charge is 0.265 e. The summed E-state index contributed by atoms with van der Waals surface area (Å²) in [4.78, 5) is 26.9. The summed E-state index contributed by atoms with van der Waals surface area (Å²) in [5.74, 6) is -0.707. The van der Waals surface area contributed by atoms with Gasteiger partial charge in [-0.25, -0.2) is 0 Å². The Kier molecular flexibility index (Phi) is 2.69. The zero-order valence-electron chi connectivity index (χ0n) is 7.74. The maximum atomic E-state index is 11.2. The van der Waals surface area contributed by atoms with Crippen LogP contribution in [0.3, 0.4) is 0 Å². The molecule has 72 valence electrons. The maximum Gasteiger partial charge on any atom is 0.265 e. The highest BCUT2D eigenvalue weighted by atomic mass is 16.2. The highest BCUT2D eigenvalue weighted by Gasteiger charge is 2.15. The summed E-state index contributed by atoms with van der Waals surface area (Å²) < 4.78 is 0. The van der Waals surface area contributed by atoms with Crippen LogP contribution in [-0.2, 0) is 0 Å². The zero-order valence-corrected chi connectivity index (χ0v) is 7.74. The van der Waals surface area contributed by atoms with E-state index >= 15 is 0 Å². The third kappa shape index (κ3) is 1.51. The molecule has 0 saturated heterocycles. The summed E-state index contributed by atoms with van der Waals surface area (Å²) in [5, 5.41) is 2.94. The fraction of sp³-hybridized carbons (Fsp3) is 0.250. The van der Waals surface area contributed by atoms with Crippen molar-refractivity contribution < 1.29 is 9.59 Å². The number of carbonyl (C=O) groups is 2. The Labute approximate surface area is 79.6 Å². The van der Waals surface area contributed by atoms with Gasteiger partial charge in [0.15, 0.2) is 6.29 Å². The predicted octanol–water partition coefficient (Wildman–Crippen LogP) is 1.89. The van der Waals surface area contributed by atoms with E-state index < -0.39 is 5.91 Å². The number of carbonyl (C=O) groups excluding carboxylic acids is 2. The van der Waals surface area contributed by atoms with Gasteiger partial charge < -0.3 is 4.98 Å². The largest absolute Gasteiger partial charge is 0.355 e. The fourth-order valence-corrected chi connectivity index (χ4v) is 1.25. The molecule has 0 bridgehead atoms. The van der Waals surface area contributed by atoms with E-state index in [-0.39, 0.29) is 5.69 Å². The molecule has 0 aliphatic carbocycles. The number of nitrogens with zero attached hydrogens (tertiary/aromatic N) is 3. The average Bonchev–Trinajstić information content (AvgIpc) is 2.42. The first-order chi connectivity index (χ1) is 6.61. The number of nitrogens with one attached hydrogen (secondary N) is 1. The highest BCUT2D eigenvalue weighted by Crippen LogP contribution is 2.16. The number of H-pyrrole nitrogens is 1. The lowest BCUT2D eigenvalue weighted by Gasteiger charge is -1.91. The Balaban J connectivity index is 3.30. The molecule has 1 aromatic rings. The van der Waals surface area contributed by atoms with Crippen molar-refractivity contribution >= 4 is 12.2 Å². The van der Waals surface area contributed by atoms with E-state index in [2.05, 4.69) is 15.0 Å². The van der Waals surface area contributed by atoms with Crippen LogP contribution in [-0.4, -0.2) is 17.2 Å². The first kappa shape index (κ1) is 10.0. The van der Waals surface area contributed by atoms with Crippen LogP contribution in [0.15, 0.2) is 5.11 Å². The van der Waals surface area contributed by atoms with Crippen LogP contribution in [0.2, 0.25) is 0 Å². The van der Waals surface area contributed by atoms with Crippen molar-refractivity contribution in [2.45, 2.75) is 13.8 Å². The molecule has 0 saturated carbocycles. The monoisotopic (exact) mass is 192 g/mol. The molecule has 0 unspecified atom stereocenters. The number of aromatic amines is 1. The van der Waals surface area contributed by atoms with Gasteiger partial charge in [-0.1, -0.05) is 0 Å². The van der Waals surface area contributed by atoms with Gasteiger partial charge in [-0.15, -0.1) is 0 Å². The molecule has 6 nitrogen and oxygen atoms in total. The number of aryl methyl sites for hydroxylation is 1. The summed E-state index contributed by atoms with van der Waals surface area (Å²) in [7, 11) is 0. The fourth-order valence-electron chi connectivity index (χ4n) is 1.25. The zero-order chi connectivity index (χ0) is 10.7. The quantitative estimate of drug-likeness (QED) is 0.335. The minimum atomic E-state index is -0.707. The van der Waals surface area contributed by atoms with Gasteiger partial charge in [0, 0.05) is 16.2 Å². The lowest BCUT2D eigenvalue weighted by molar-refractivity contribution is 0.0995. The van der Waals surface area contributed by atoms with Gasteiger partial charge in [0.1, 0.15) is 0 Å². The van der Waals surface area contributed by atoms with Gasteiger partial charge in [-0.2, -0.15) is 0 Å². The number of aldehydes is 1. The van der Waals surface area contributed by atoms with Crippen molar-refractivity contribution in [2.75, 3.05) is 0 Å². The molecule has 6 heteroatoms. The molecule has 1 rings (SSSR count). The molecule has 14 heavy (non-hydrogen) atoms. The molecule has 1 amide bonds. The summed E-state index contributed by atoms with van der Waals surface area (Å²) >= 11 is 0. The summed E-state index contributed by atoms with van der Waals surface area (Å²) in [6.45, 7) is 3.29. The van der Waals surface area contributed by atoms with Crippen LogP contribution in [0.25, 0.3) is 10.4 Å². The molecule has 1 aromatic heterocycles. The molecule has 0 atom stereocenters. The van der Waals surface area contributed by atoms with Crippen molar-refractivity contribution in [3.05, 3.63) is 33.0 Å². The van der Waals surface area contributed by atoms with E-state index in [4.69, 9.17) is 5.53 Å². The summed E-state index contributed by atoms with van der Waals surface area (Å²) in [6, 6.07) is 0. The Morgan fingerprint density at radius 2 is 2.21 bits per heavy atom. The van der Waals surface area contributed by atoms with Gasteiger partial charge in [0.2, 0.25) is 0 Å². The standard InChI is InChI=1S/C8H8N4O2/c1-4-6(3-13)5(2)10-7(4)8(14)11-12-9/h3,10H,1-2H3. The number of rotatable bonds is 2. The number of aromatic nitrogens is 1. The first-order valence-corrected chi connectivity index (χ1v) is 3.85. The Morgan fingerprint density at radius 1 is 1.57 bits per heavy atom. The lowest BCUT2D eigenvalue weighted by atomic mass is 10.1. The van der Waals surface area contributed by atoms with Crippen molar-refractivity contribution in [3.63, 3.8) is 0 Å². The molecule has 0 aromatic carbocycles. The van der Waals surface area contributed by atoms with E-state index in [0.29, 0.717) is 23.1 Å². The Morgan fingerprint density at radius 3 is 2.64 bits per heavy atom. The lowest BCUT2D eigenvalue weighted by Crippen LogP contribution is -1.96. The second-order valence-corrected chi connectivity index (χ2v) is 2.78. The minimum absolute atomic E-state index is 0.169. The predicted molar refractivity (Wildman–Crippen MR) is 49.1 cm³/mol. The average molecular weight is 192 g/mol. The second kappa shape index (κ2) is 3.76. The number of hydrogen-bond acceptors (Lipinski definition) is 2. The van der Waals surface area contributed by atoms with Crippen LogP contribution in [0.5, 0.6) is 0 Å². The van der Waals surface area contributed by atoms with E-state index in [1.807, 2.05) is 0 Å². The van der Waals surface area contributed by atoms with E-state index in [1.165, 1.54) is 0 Å². The van der Waals surface area contributed by atoms with Gasteiger partial charge in [-0.05, 0) is 30.1 Å². The molecular formula is C8H8N4O2. The Bertz CT molecular complexity index is 440. The van der Waals surface area contributed by atoms with Crippen LogP contribution >= 0.6 is 0 Å². The Hall–Kier alpha value is -2.07. The maximum absolute atomic E-state index is 11.2. The van der Waals surface area contributed by atoms with Crippen LogP contribution in [0, 0.1) is 13.8 Å². The van der Waals surface area contributed by atoms with Crippen molar-refractivity contribution in [1.82, 2.24) is 4.98 Å². The minimum Gasteiger partial charge on any atom is -0.355 e. The van der Waals surface area contributed by atoms with Crippen LogP contribution in [0.1, 0.15) is 32.1 Å². The van der Waals surface area contributed by atoms with Crippen molar-refractivity contribution in [2.24, 2.45) is 5.11 Å². The third-order valence-corrected chi connectivity index (χ3v) is 1.96. The normalized spacial score (nSPS) is 9.29. The van der Waals surface area contributed by atoms with Crippen LogP contribution in [0.4, 0.5) is 0 Å². The molecule has 1 heterocycles. The van der Waals surface area contributed by atoms with E-state index in [1.54, 1.807) is 13.8 Å². The SMILES string of the molecule is Cc1[nH]c(C(=O)N=[N+]=[N-])c(C)c1C=O. The molecular weight excluding hydrogens is 184 g/mol. The molecule has 0 spiro atoms. The molecule has 0 radical (unpaired) electrons. The van der Waals surface area contributed by atoms with Gasteiger partial charge in [0.25, 0.3) is 5.91 Å². The van der Waals surface area contributed by atoms with Crippen LogP contribution < -0.4 is 0 Å². The second-order valence-electron chi connectivity index (χ2n) is 2.78.